The SMILES string of the molecule is CC(Cc1ccc2ccccc2c1)(Cc1cccs1)c1ccccc1. The van der Waals surface area contributed by atoms with Crippen molar-refractivity contribution in [1.82, 2.24) is 0 Å². The second-order valence-electron chi connectivity index (χ2n) is 7.04. The predicted molar refractivity (Wildman–Crippen MR) is 109 cm³/mol. The van der Waals surface area contributed by atoms with E-state index in [-0.39, 0.29) is 5.41 Å². The molecule has 25 heavy (non-hydrogen) atoms. The fourth-order valence-electron chi connectivity index (χ4n) is 3.70. The summed E-state index contributed by atoms with van der Waals surface area (Å²) in [5.74, 6) is 0. The van der Waals surface area contributed by atoms with Crippen LogP contribution in [0.15, 0.2) is 90.3 Å². The smallest absolute Gasteiger partial charge is 0.00540 e. The van der Waals surface area contributed by atoms with Gasteiger partial charge in [-0.1, -0.05) is 85.8 Å². The fraction of sp³-hybridized carbons (Fsp3) is 0.167. The maximum absolute atomic E-state index is 2.40. The average Bonchev–Trinajstić information content (AvgIpc) is 3.15. The summed E-state index contributed by atoms with van der Waals surface area (Å²) in [6.07, 6.45) is 2.11. The molecule has 1 heterocycles. The van der Waals surface area contributed by atoms with Gasteiger partial charge < -0.3 is 0 Å². The first-order chi connectivity index (χ1) is 12.2. The Balaban J connectivity index is 1.72. The fourth-order valence-corrected chi connectivity index (χ4v) is 4.60. The van der Waals surface area contributed by atoms with Crippen molar-refractivity contribution in [3.63, 3.8) is 0 Å². The van der Waals surface area contributed by atoms with E-state index in [1.165, 1.54) is 26.8 Å². The molecule has 1 aromatic heterocycles. The molecule has 0 aliphatic heterocycles. The molecular weight excluding hydrogens is 320 g/mol. The first kappa shape index (κ1) is 16.1. The van der Waals surface area contributed by atoms with Crippen LogP contribution < -0.4 is 0 Å². The molecule has 0 amide bonds. The van der Waals surface area contributed by atoms with Gasteiger partial charge in [-0.25, -0.2) is 0 Å². The van der Waals surface area contributed by atoms with Crippen molar-refractivity contribution in [2.75, 3.05) is 0 Å². The van der Waals surface area contributed by atoms with Gasteiger partial charge in [-0.05, 0) is 46.2 Å². The summed E-state index contributed by atoms with van der Waals surface area (Å²) in [5.41, 5.74) is 2.91. The van der Waals surface area contributed by atoms with Gasteiger partial charge in [0.25, 0.3) is 0 Å². The maximum Gasteiger partial charge on any atom is 0.00540 e. The van der Waals surface area contributed by atoms with E-state index < -0.39 is 0 Å². The van der Waals surface area contributed by atoms with Crippen LogP contribution in [-0.2, 0) is 18.3 Å². The zero-order valence-corrected chi connectivity index (χ0v) is 15.3. The molecule has 124 valence electrons. The van der Waals surface area contributed by atoms with Crippen LogP contribution in [0.1, 0.15) is 22.9 Å². The molecule has 0 nitrogen and oxygen atoms in total. The number of hydrogen-bond acceptors (Lipinski definition) is 1. The third kappa shape index (κ3) is 3.52. The minimum absolute atomic E-state index is 0.0918. The van der Waals surface area contributed by atoms with Crippen LogP contribution >= 0.6 is 11.3 Å². The molecule has 0 aliphatic carbocycles. The monoisotopic (exact) mass is 342 g/mol. The summed E-state index contributed by atoms with van der Waals surface area (Å²) >= 11 is 1.86. The Bertz CT molecular complexity index is 954. The molecule has 0 radical (unpaired) electrons. The molecular formula is C24H22S. The van der Waals surface area contributed by atoms with Crippen molar-refractivity contribution < 1.29 is 0 Å². The van der Waals surface area contributed by atoms with E-state index in [0.717, 1.165) is 12.8 Å². The molecule has 0 N–H and O–H groups in total. The predicted octanol–water partition coefficient (Wildman–Crippen LogP) is 6.64. The molecule has 1 atom stereocenters. The van der Waals surface area contributed by atoms with Gasteiger partial charge in [-0.15, -0.1) is 11.3 Å². The Morgan fingerprint density at radius 1 is 0.720 bits per heavy atom. The summed E-state index contributed by atoms with van der Waals surface area (Å²) in [5, 5.41) is 4.81. The normalized spacial score (nSPS) is 13.6. The molecule has 3 aromatic carbocycles. The third-order valence-corrected chi connectivity index (χ3v) is 5.90. The zero-order valence-electron chi connectivity index (χ0n) is 14.5. The van der Waals surface area contributed by atoms with E-state index in [0.29, 0.717) is 0 Å². The number of fused-ring (bicyclic) bond motifs is 1. The van der Waals surface area contributed by atoms with E-state index in [1.54, 1.807) is 0 Å². The van der Waals surface area contributed by atoms with Crippen molar-refractivity contribution in [3.8, 4) is 0 Å². The lowest BCUT2D eigenvalue weighted by molar-refractivity contribution is 0.469. The molecule has 0 saturated heterocycles. The van der Waals surface area contributed by atoms with E-state index in [2.05, 4.69) is 97.2 Å². The maximum atomic E-state index is 2.40. The molecule has 4 aromatic rings. The van der Waals surface area contributed by atoms with Crippen molar-refractivity contribution in [2.24, 2.45) is 0 Å². The molecule has 0 saturated carbocycles. The molecule has 0 fully saturated rings. The molecule has 1 heteroatoms. The largest absolute Gasteiger partial charge is 0.149 e. The highest BCUT2D eigenvalue weighted by Gasteiger charge is 2.28. The molecule has 0 spiro atoms. The van der Waals surface area contributed by atoms with Gasteiger partial charge in [0.05, 0.1) is 0 Å². The average molecular weight is 343 g/mol. The third-order valence-electron chi connectivity index (χ3n) is 5.02. The Hall–Kier alpha value is -2.38. The second kappa shape index (κ2) is 6.85. The topological polar surface area (TPSA) is 0 Å². The minimum atomic E-state index is 0.0918. The Kier molecular flexibility index (Phi) is 4.42. The summed E-state index contributed by atoms with van der Waals surface area (Å²) in [6, 6.07) is 30.9. The lowest BCUT2D eigenvalue weighted by Crippen LogP contribution is -2.27. The van der Waals surface area contributed by atoms with Gasteiger partial charge in [0.15, 0.2) is 0 Å². The lowest BCUT2D eigenvalue weighted by Gasteiger charge is -2.30. The van der Waals surface area contributed by atoms with Crippen LogP contribution in [0.4, 0.5) is 0 Å². The summed E-state index contributed by atoms with van der Waals surface area (Å²) in [7, 11) is 0. The number of thiophene rings is 1. The Labute approximate surface area is 153 Å². The van der Waals surface area contributed by atoms with Gasteiger partial charge in [-0.2, -0.15) is 0 Å². The van der Waals surface area contributed by atoms with Crippen molar-refractivity contribution in [1.29, 1.82) is 0 Å². The molecule has 0 aliphatic rings. The minimum Gasteiger partial charge on any atom is -0.149 e. The van der Waals surface area contributed by atoms with Crippen LogP contribution in [-0.4, -0.2) is 0 Å². The first-order valence-electron chi connectivity index (χ1n) is 8.79. The van der Waals surface area contributed by atoms with Crippen LogP contribution in [0.5, 0.6) is 0 Å². The Morgan fingerprint density at radius 2 is 1.48 bits per heavy atom. The highest BCUT2D eigenvalue weighted by Crippen LogP contribution is 2.34. The summed E-state index contributed by atoms with van der Waals surface area (Å²) in [4.78, 5) is 1.45. The van der Waals surface area contributed by atoms with Crippen molar-refractivity contribution >= 4 is 22.1 Å². The van der Waals surface area contributed by atoms with Crippen LogP contribution in [0.2, 0.25) is 0 Å². The van der Waals surface area contributed by atoms with Crippen molar-refractivity contribution in [3.05, 3.63) is 106 Å². The van der Waals surface area contributed by atoms with Gasteiger partial charge in [0.2, 0.25) is 0 Å². The molecule has 1 unspecified atom stereocenters. The van der Waals surface area contributed by atoms with Crippen molar-refractivity contribution in [2.45, 2.75) is 25.2 Å². The number of rotatable bonds is 5. The molecule has 0 bridgehead atoms. The quantitative estimate of drug-likeness (QED) is 0.381. The van der Waals surface area contributed by atoms with Crippen LogP contribution in [0.3, 0.4) is 0 Å². The van der Waals surface area contributed by atoms with E-state index in [9.17, 15) is 0 Å². The Morgan fingerprint density at radius 3 is 2.24 bits per heavy atom. The lowest BCUT2D eigenvalue weighted by atomic mass is 9.74. The zero-order chi connectivity index (χ0) is 17.1. The number of hydrogen-bond donors (Lipinski definition) is 0. The number of benzene rings is 3. The highest BCUT2D eigenvalue weighted by molar-refractivity contribution is 7.09. The highest BCUT2D eigenvalue weighted by atomic mass is 32.1. The first-order valence-corrected chi connectivity index (χ1v) is 9.67. The van der Waals surface area contributed by atoms with Gasteiger partial charge in [0.1, 0.15) is 0 Å². The van der Waals surface area contributed by atoms with Gasteiger partial charge >= 0.3 is 0 Å². The van der Waals surface area contributed by atoms with Crippen LogP contribution in [0.25, 0.3) is 10.8 Å². The summed E-state index contributed by atoms with van der Waals surface area (Å²) < 4.78 is 0. The second-order valence-corrected chi connectivity index (χ2v) is 8.07. The van der Waals surface area contributed by atoms with Gasteiger partial charge in [0, 0.05) is 10.3 Å². The van der Waals surface area contributed by atoms with Crippen LogP contribution in [0, 0.1) is 0 Å². The molecule has 4 rings (SSSR count). The van der Waals surface area contributed by atoms with Gasteiger partial charge in [-0.3, -0.25) is 0 Å². The standard InChI is InChI=1S/C24H22S/c1-24(18-23-12-7-15-25-23,22-10-3-2-4-11-22)17-19-13-14-20-8-5-6-9-21(20)16-19/h2-16H,17-18H2,1H3. The van der Waals surface area contributed by atoms with E-state index in [4.69, 9.17) is 0 Å². The van der Waals surface area contributed by atoms with E-state index in [1.807, 2.05) is 11.3 Å². The van der Waals surface area contributed by atoms with E-state index >= 15 is 0 Å². The summed E-state index contributed by atoms with van der Waals surface area (Å²) in [6.45, 7) is 2.40.